The van der Waals surface area contributed by atoms with Crippen molar-refractivity contribution in [3.05, 3.63) is 59.4 Å². The van der Waals surface area contributed by atoms with Crippen molar-refractivity contribution in [2.45, 2.75) is 18.2 Å². The number of allylic oxidation sites excluding steroid dienone is 3. The van der Waals surface area contributed by atoms with Gasteiger partial charge in [-0.3, -0.25) is 0 Å². The van der Waals surface area contributed by atoms with Crippen LogP contribution < -0.4 is 0 Å². The molecule has 1 heteroatoms. The lowest BCUT2D eigenvalue weighted by Gasteiger charge is -2.06. The molecule has 0 fully saturated rings. The van der Waals surface area contributed by atoms with Gasteiger partial charge < -0.3 is 0 Å². The summed E-state index contributed by atoms with van der Waals surface area (Å²) < 4.78 is 0. The summed E-state index contributed by atoms with van der Waals surface area (Å²) in [4.78, 5) is 2.66. The Hall–Kier alpha value is -0.950. The summed E-state index contributed by atoms with van der Waals surface area (Å²) >= 11 is 1.83. The third kappa shape index (κ3) is 2.52. The molecule has 1 radical (unpaired) electrons. The van der Waals surface area contributed by atoms with E-state index < -0.39 is 0 Å². The maximum Gasteiger partial charge on any atom is 0.0122 e. The second-order valence-electron chi connectivity index (χ2n) is 3.35. The predicted molar refractivity (Wildman–Crippen MR) is 63.2 cm³/mol. The lowest BCUT2D eigenvalue weighted by atomic mass is 10.2. The summed E-state index contributed by atoms with van der Waals surface area (Å²) in [7, 11) is 0. The Bertz CT molecular complexity index is 357. The van der Waals surface area contributed by atoms with Crippen LogP contribution in [0.1, 0.15) is 12.0 Å². The van der Waals surface area contributed by atoms with Gasteiger partial charge in [-0.15, -0.1) is 0 Å². The van der Waals surface area contributed by atoms with E-state index in [1.165, 1.54) is 15.4 Å². The largest absolute Gasteiger partial charge is 0.0905 e. The molecule has 1 aromatic rings. The highest BCUT2D eigenvalue weighted by Gasteiger charge is 1.99. The maximum atomic E-state index is 2.25. The van der Waals surface area contributed by atoms with Gasteiger partial charge in [0.2, 0.25) is 0 Å². The van der Waals surface area contributed by atoms with E-state index in [0.29, 0.717) is 0 Å². The van der Waals surface area contributed by atoms with E-state index in [-0.39, 0.29) is 0 Å². The van der Waals surface area contributed by atoms with E-state index in [1.807, 2.05) is 11.8 Å². The van der Waals surface area contributed by atoms with Crippen LogP contribution in [0.25, 0.3) is 0 Å². The van der Waals surface area contributed by atoms with Crippen molar-refractivity contribution in [1.29, 1.82) is 0 Å². The first kappa shape index (κ1) is 9.60. The molecule has 2 rings (SSSR count). The molecule has 0 nitrogen and oxygen atoms in total. The number of hydrogen-bond donors (Lipinski definition) is 0. The van der Waals surface area contributed by atoms with Crippen LogP contribution in [0, 0.1) is 13.3 Å². The lowest BCUT2D eigenvalue weighted by molar-refractivity contribution is 1.26. The van der Waals surface area contributed by atoms with Crippen molar-refractivity contribution in [3.8, 4) is 0 Å². The first-order valence-electron chi connectivity index (χ1n) is 4.79. The molecule has 0 heterocycles. The Balaban J connectivity index is 2.07. The predicted octanol–water partition coefficient (Wildman–Crippen LogP) is 4.14. The second-order valence-corrected chi connectivity index (χ2v) is 4.50. The van der Waals surface area contributed by atoms with Gasteiger partial charge >= 0.3 is 0 Å². The molecule has 14 heavy (non-hydrogen) atoms. The first-order chi connectivity index (χ1) is 6.84. The smallest absolute Gasteiger partial charge is 0.0122 e. The van der Waals surface area contributed by atoms with Crippen LogP contribution in [0.2, 0.25) is 0 Å². The van der Waals surface area contributed by atoms with Gasteiger partial charge in [-0.1, -0.05) is 47.7 Å². The molecule has 1 aromatic carbocycles. The molecular weight excluding hydrogens is 188 g/mol. The quantitative estimate of drug-likeness (QED) is 0.693. The monoisotopic (exact) mass is 201 g/mol. The summed E-state index contributed by atoms with van der Waals surface area (Å²) in [6.07, 6.45) is 9.76. The topological polar surface area (TPSA) is 0 Å². The van der Waals surface area contributed by atoms with Gasteiger partial charge in [0.05, 0.1) is 0 Å². The summed E-state index contributed by atoms with van der Waals surface area (Å²) in [6.45, 7) is 2.11. The van der Waals surface area contributed by atoms with Crippen molar-refractivity contribution < 1.29 is 0 Å². The Morgan fingerprint density at radius 3 is 2.57 bits per heavy atom. The highest BCUT2D eigenvalue weighted by molar-refractivity contribution is 8.03. The zero-order valence-corrected chi connectivity index (χ0v) is 9.05. The minimum atomic E-state index is 1.06. The molecule has 0 saturated carbocycles. The lowest BCUT2D eigenvalue weighted by Crippen LogP contribution is -1.81. The van der Waals surface area contributed by atoms with E-state index in [1.54, 1.807) is 0 Å². The summed E-state index contributed by atoms with van der Waals surface area (Å²) in [6, 6.07) is 8.66. The zero-order valence-electron chi connectivity index (χ0n) is 8.23. The van der Waals surface area contributed by atoms with E-state index in [0.717, 1.165) is 6.42 Å². The second kappa shape index (κ2) is 4.52. The highest BCUT2D eigenvalue weighted by Crippen LogP contribution is 2.29. The number of rotatable bonds is 2. The number of hydrogen-bond acceptors (Lipinski definition) is 1. The van der Waals surface area contributed by atoms with Gasteiger partial charge in [-0.25, -0.2) is 0 Å². The average molecular weight is 201 g/mol. The molecule has 0 aliphatic heterocycles. The molecule has 0 unspecified atom stereocenters. The molecule has 0 saturated heterocycles. The van der Waals surface area contributed by atoms with Crippen molar-refractivity contribution in [3.63, 3.8) is 0 Å². The van der Waals surface area contributed by atoms with Gasteiger partial charge in [0.1, 0.15) is 0 Å². The average Bonchev–Trinajstić information content (AvgIpc) is 2.23. The number of aryl methyl sites for hydroxylation is 1. The van der Waals surface area contributed by atoms with Crippen molar-refractivity contribution in [2.75, 3.05) is 0 Å². The SMILES string of the molecule is Cc1ccc(SC2=CC[CH]C=C2)cc1. The fourth-order valence-electron chi connectivity index (χ4n) is 1.31. The Kier molecular flexibility index (Phi) is 3.10. The summed E-state index contributed by atoms with van der Waals surface area (Å²) in [5.74, 6) is 0. The normalized spacial score (nSPS) is 15.4. The molecule has 0 amide bonds. The van der Waals surface area contributed by atoms with Crippen molar-refractivity contribution >= 4 is 11.8 Å². The minimum Gasteiger partial charge on any atom is -0.0905 e. The van der Waals surface area contributed by atoms with Crippen LogP contribution in [0.5, 0.6) is 0 Å². The summed E-state index contributed by atoms with van der Waals surface area (Å²) in [5, 5.41) is 0. The van der Waals surface area contributed by atoms with Crippen LogP contribution in [0.4, 0.5) is 0 Å². The molecule has 0 N–H and O–H groups in total. The van der Waals surface area contributed by atoms with E-state index in [2.05, 4.69) is 55.8 Å². The standard InChI is InChI=1S/C13H13S/c1-11-7-9-13(10-8-11)14-12-5-3-2-4-6-12/h2-3,5-10H,4H2,1H3. The van der Waals surface area contributed by atoms with Gasteiger partial charge in [0.15, 0.2) is 0 Å². The van der Waals surface area contributed by atoms with Crippen molar-refractivity contribution in [2.24, 2.45) is 0 Å². The molecule has 0 bridgehead atoms. The minimum absolute atomic E-state index is 1.06. The third-order valence-corrected chi connectivity index (χ3v) is 3.15. The Morgan fingerprint density at radius 1 is 1.14 bits per heavy atom. The zero-order chi connectivity index (χ0) is 9.80. The molecule has 0 atom stereocenters. The van der Waals surface area contributed by atoms with E-state index in [9.17, 15) is 0 Å². The number of thioether (sulfide) groups is 1. The highest BCUT2D eigenvalue weighted by atomic mass is 32.2. The fourth-order valence-corrected chi connectivity index (χ4v) is 2.18. The Morgan fingerprint density at radius 2 is 1.93 bits per heavy atom. The molecule has 71 valence electrons. The maximum absolute atomic E-state index is 2.25. The Labute approximate surface area is 89.7 Å². The van der Waals surface area contributed by atoms with Gasteiger partial charge in [-0.05, 0) is 31.9 Å². The van der Waals surface area contributed by atoms with Crippen LogP contribution >= 0.6 is 11.8 Å². The van der Waals surface area contributed by atoms with Crippen molar-refractivity contribution in [1.82, 2.24) is 0 Å². The van der Waals surface area contributed by atoms with Gasteiger partial charge in [0, 0.05) is 9.80 Å². The summed E-state index contributed by atoms with van der Waals surface area (Å²) in [5.41, 5.74) is 1.32. The molecule has 1 aliphatic carbocycles. The van der Waals surface area contributed by atoms with Crippen LogP contribution in [0.15, 0.2) is 52.3 Å². The van der Waals surface area contributed by atoms with Crippen LogP contribution in [-0.2, 0) is 0 Å². The number of benzene rings is 1. The van der Waals surface area contributed by atoms with Crippen LogP contribution in [0.3, 0.4) is 0 Å². The molecule has 0 aromatic heterocycles. The molecule has 0 spiro atoms. The van der Waals surface area contributed by atoms with Gasteiger partial charge in [-0.2, -0.15) is 0 Å². The fraction of sp³-hybridized carbons (Fsp3) is 0.154. The van der Waals surface area contributed by atoms with E-state index in [4.69, 9.17) is 0 Å². The third-order valence-electron chi connectivity index (χ3n) is 2.11. The van der Waals surface area contributed by atoms with Crippen LogP contribution in [-0.4, -0.2) is 0 Å². The molecular formula is C13H13S. The molecule has 1 aliphatic rings. The van der Waals surface area contributed by atoms with E-state index >= 15 is 0 Å². The van der Waals surface area contributed by atoms with Gasteiger partial charge in [0.25, 0.3) is 0 Å². The first-order valence-corrected chi connectivity index (χ1v) is 5.61.